The topological polar surface area (TPSA) is 0 Å². The van der Waals surface area contributed by atoms with E-state index in [9.17, 15) is 6.42 Å². The van der Waals surface area contributed by atoms with Gasteiger partial charge in [-0.05, 0) is 70.1 Å². The first-order valence-corrected chi connectivity index (χ1v) is 24.3. The van der Waals surface area contributed by atoms with Gasteiger partial charge in [0.25, 0.3) is 0 Å². The molecule has 0 N–H and O–H groups in total. The Labute approximate surface area is 353 Å². The van der Waals surface area contributed by atoms with Gasteiger partial charge in [-0.3, -0.25) is 0 Å². The number of rotatable bonds is 32. The van der Waals surface area contributed by atoms with Crippen molar-refractivity contribution in [3.05, 3.63) is 6.42 Å². The van der Waals surface area contributed by atoms with Crippen LogP contribution in [0.2, 0.25) is 0 Å². The van der Waals surface area contributed by atoms with Gasteiger partial charge < -0.3 is 0 Å². The molecule has 0 aliphatic heterocycles. The lowest BCUT2D eigenvalue weighted by Gasteiger charge is -2.49. The average molecular weight is 762 g/mol. The second-order valence-electron chi connectivity index (χ2n) is 16.5. The number of hydrogen-bond acceptors (Lipinski definition) is 0. The molecule has 0 aliphatic carbocycles. The van der Waals surface area contributed by atoms with Gasteiger partial charge in [0.2, 0.25) is 0 Å². The summed E-state index contributed by atoms with van der Waals surface area (Å²) in [6.07, 6.45) is 48.1. The van der Waals surface area contributed by atoms with Crippen molar-refractivity contribution >= 4 is 0 Å². The Kier molecular flexibility index (Phi) is 38.6. The third-order valence-corrected chi connectivity index (χ3v) is 11.6. The molecule has 0 nitrogen and oxygen atoms in total. The van der Waals surface area contributed by atoms with E-state index in [2.05, 4.69) is 107 Å². The Bertz CT molecular complexity index is 1260. The highest BCUT2D eigenvalue weighted by atomic mass is 14.5. The van der Waals surface area contributed by atoms with Crippen LogP contribution in [0, 0.1) is 88.3 Å². The van der Waals surface area contributed by atoms with Crippen molar-refractivity contribution in [2.75, 3.05) is 0 Å². The summed E-state index contributed by atoms with van der Waals surface area (Å²) in [4.78, 5) is 0. The first-order valence-electron chi connectivity index (χ1n) is 24.3. The molecule has 0 aromatic heterocycles. The van der Waals surface area contributed by atoms with Gasteiger partial charge in [0, 0.05) is 57.8 Å². The summed E-state index contributed by atoms with van der Waals surface area (Å²) in [6, 6.07) is 0. The summed E-state index contributed by atoms with van der Waals surface area (Å²) in [5, 5.41) is 0. The smallest absolute Gasteiger partial charge is 0.0610 e. The van der Waals surface area contributed by atoms with E-state index in [0.29, 0.717) is 6.42 Å². The lowest BCUT2D eigenvalue weighted by molar-refractivity contribution is 0.0601. The SMILES string of the molecule is [C]#CC(CC#CCCCCCC)(CCC#CCCCCC)C(C#CCCCCCCCC)(CCCC#CCCCC)C(CC#CCCCCCCC)CCCC. The van der Waals surface area contributed by atoms with Gasteiger partial charge in [0.05, 0.1) is 10.8 Å². The Hall–Kier alpha value is -2.64. The Balaban J connectivity index is 7.27. The van der Waals surface area contributed by atoms with E-state index in [-0.39, 0.29) is 5.92 Å². The lowest BCUT2D eigenvalue weighted by Crippen LogP contribution is -2.46. The van der Waals surface area contributed by atoms with Crippen molar-refractivity contribution in [2.24, 2.45) is 16.7 Å². The standard InChI is InChI=1S/C56H89/c1-8-15-21-26-31-33-38-43-49-54(48-20-13-6)56(52-46-41-36-30-25-19-12-5,53-47-42-37-32-27-22-16-9-2)55(14-7,50-44-39-34-28-23-17-10-3)51-45-40-35-29-24-18-11-4/h54H,8-13,15-29,31-34,37,41-42,45-46,48-52H2,1-6H3. The highest BCUT2D eigenvalue weighted by molar-refractivity contribution is 5.30. The van der Waals surface area contributed by atoms with Gasteiger partial charge in [-0.25, -0.2) is 0 Å². The first kappa shape index (κ1) is 53.4. The van der Waals surface area contributed by atoms with E-state index in [1.165, 1.54) is 116 Å². The van der Waals surface area contributed by atoms with Crippen molar-refractivity contribution in [2.45, 2.75) is 266 Å². The van der Waals surface area contributed by atoms with Crippen molar-refractivity contribution in [3.8, 4) is 65.1 Å². The third-order valence-electron chi connectivity index (χ3n) is 11.6. The highest BCUT2D eigenvalue weighted by Gasteiger charge is 2.52. The minimum Gasteiger partial charge on any atom is -0.103 e. The largest absolute Gasteiger partial charge is 0.103 e. The molecule has 0 spiro atoms. The van der Waals surface area contributed by atoms with Crippen LogP contribution in [-0.4, -0.2) is 0 Å². The summed E-state index contributed by atoms with van der Waals surface area (Å²) in [5.74, 6) is 40.2. The molecule has 0 bridgehead atoms. The number of hydrogen-bond donors (Lipinski definition) is 0. The minimum absolute atomic E-state index is 0.252. The second kappa shape index (κ2) is 40.6. The molecule has 0 saturated carbocycles. The van der Waals surface area contributed by atoms with Crippen LogP contribution < -0.4 is 0 Å². The monoisotopic (exact) mass is 762 g/mol. The molecular formula is C56H89. The van der Waals surface area contributed by atoms with Crippen LogP contribution in [0.3, 0.4) is 0 Å². The van der Waals surface area contributed by atoms with Crippen LogP contribution in [0.5, 0.6) is 0 Å². The summed E-state index contributed by atoms with van der Waals surface area (Å²) >= 11 is 0. The van der Waals surface area contributed by atoms with Crippen LogP contribution in [0.25, 0.3) is 0 Å². The second-order valence-corrected chi connectivity index (χ2v) is 16.5. The maximum absolute atomic E-state index is 9.31. The Morgan fingerprint density at radius 1 is 0.375 bits per heavy atom. The molecular weight excluding hydrogens is 673 g/mol. The molecule has 3 unspecified atom stereocenters. The minimum atomic E-state index is -0.606. The number of unbranched alkanes of at least 4 members (excludes halogenated alkanes) is 22. The van der Waals surface area contributed by atoms with Crippen LogP contribution in [0.4, 0.5) is 0 Å². The van der Waals surface area contributed by atoms with Crippen molar-refractivity contribution in [1.29, 1.82) is 0 Å². The molecule has 0 saturated heterocycles. The van der Waals surface area contributed by atoms with Crippen molar-refractivity contribution < 1.29 is 0 Å². The summed E-state index contributed by atoms with van der Waals surface area (Å²) in [7, 11) is 0. The zero-order chi connectivity index (χ0) is 41.1. The molecule has 0 amide bonds. The zero-order valence-corrected chi connectivity index (χ0v) is 38.3. The fourth-order valence-corrected chi connectivity index (χ4v) is 7.85. The van der Waals surface area contributed by atoms with Gasteiger partial charge >= 0.3 is 0 Å². The van der Waals surface area contributed by atoms with E-state index in [4.69, 9.17) is 0 Å². The van der Waals surface area contributed by atoms with E-state index in [1.807, 2.05) is 0 Å². The molecule has 0 fully saturated rings. The van der Waals surface area contributed by atoms with Gasteiger partial charge in [-0.1, -0.05) is 163 Å². The van der Waals surface area contributed by atoms with Crippen LogP contribution in [0.15, 0.2) is 0 Å². The first-order chi connectivity index (χ1) is 27.6. The molecule has 0 aliphatic rings. The van der Waals surface area contributed by atoms with Gasteiger partial charge in [0.15, 0.2) is 0 Å². The third kappa shape index (κ3) is 26.3. The van der Waals surface area contributed by atoms with Crippen LogP contribution in [0.1, 0.15) is 266 Å². The highest BCUT2D eigenvalue weighted by Crippen LogP contribution is 2.55. The molecule has 1 radical (unpaired) electrons. The summed E-state index contributed by atoms with van der Waals surface area (Å²) in [5.41, 5.74) is -1.06. The molecule has 0 aromatic rings. The fourth-order valence-electron chi connectivity index (χ4n) is 7.85. The van der Waals surface area contributed by atoms with Gasteiger partial charge in [0.1, 0.15) is 0 Å². The van der Waals surface area contributed by atoms with E-state index < -0.39 is 10.8 Å². The maximum Gasteiger partial charge on any atom is 0.0610 e. The van der Waals surface area contributed by atoms with E-state index >= 15 is 0 Å². The zero-order valence-electron chi connectivity index (χ0n) is 38.3. The molecule has 56 heavy (non-hydrogen) atoms. The Morgan fingerprint density at radius 3 is 1.36 bits per heavy atom. The molecule has 0 aromatic carbocycles. The summed E-state index contributed by atoms with van der Waals surface area (Å²) in [6.45, 7) is 13.6. The molecule has 0 rings (SSSR count). The van der Waals surface area contributed by atoms with Crippen molar-refractivity contribution in [3.63, 3.8) is 0 Å². The average Bonchev–Trinajstić information content (AvgIpc) is 3.21. The predicted octanol–water partition coefficient (Wildman–Crippen LogP) is 17.0. The normalized spacial score (nSPS) is 13.0. The summed E-state index contributed by atoms with van der Waals surface area (Å²) < 4.78 is 0. The quantitative estimate of drug-likeness (QED) is 0.0473. The molecule has 0 heterocycles. The Morgan fingerprint density at radius 2 is 0.786 bits per heavy atom. The van der Waals surface area contributed by atoms with E-state index in [0.717, 1.165) is 103 Å². The van der Waals surface area contributed by atoms with Crippen LogP contribution >= 0.6 is 0 Å². The lowest BCUT2D eigenvalue weighted by atomic mass is 9.51. The van der Waals surface area contributed by atoms with Gasteiger partial charge in [-0.15, -0.1) is 53.3 Å². The fraction of sp³-hybridized carbons (Fsp3) is 0.786. The maximum atomic E-state index is 9.31. The molecule has 3 atom stereocenters. The van der Waals surface area contributed by atoms with Gasteiger partial charge in [-0.2, -0.15) is 0 Å². The van der Waals surface area contributed by atoms with Crippen molar-refractivity contribution in [1.82, 2.24) is 0 Å². The molecule has 0 heteroatoms. The predicted molar refractivity (Wildman–Crippen MR) is 250 cm³/mol. The molecule has 313 valence electrons. The van der Waals surface area contributed by atoms with E-state index in [1.54, 1.807) is 0 Å². The van der Waals surface area contributed by atoms with Crippen LogP contribution in [-0.2, 0) is 0 Å².